The topological polar surface area (TPSA) is 66.6 Å². The average Bonchev–Trinajstić information content (AvgIpc) is 3.45. The van der Waals surface area contributed by atoms with E-state index in [-0.39, 0.29) is 5.91 Å². The Kier molecular flexibility index (Phi) is 5.17. The smallest absolute Gasteiger partial charge is 0.255 e. The van der Waals surface area contributed by atoms with Crippen molar-refractivity contribution in [3.05, 3.63) is 70.8 Å². The minimum atomic E-state index is -0.699. The van der Waals surface area contributed by atoms with E-state index in [9.17, 15) is 9.59 Å². The number of benzene rings is 2. The highest BCUT2D eigenvalue weighted by molar-refractivity contribution is 6.04. The maximum absolute atomic E-state index is 12.7. The van der Waals surface area contributed by atoms with Gasteiger partial charge >= 0.3 is 0 Å². The van der Waals surface area contributed by atoms with Crippen LogP contribution in [0.4, 0.5) is 0 Å². The number of rotatable bonds is 8. The van der Waals surface area contributed by atoms with Crippen molar-refractivity contribution >= 4 is 11.8 Å². The van der Waals surface area contributed by atoms with Crippen molar-refractivity contribution in [1.82, 2.24) is 9.80 Å². The number of primary amides is 1. The molecule has 1 fully saturated rings. The SMILES string of the molecule is CN(C)CCC1(c2ccc(CCN3C(=O)c4[c]cccc4C3C(N)=O)cc2)CC1. The van der Waals surface area contributed by atoms with Crippen LogP contribution in [0.2, 0.25) is 0 Å². The highest BCUT2D eigenvalue weighted by Crippen LogP contribution is 2.51. The summed E-state index contributed by atoms with van der Waals surface area (Å²) in [6.07, 6.45) is 4.40. The number of carbonyl (C=O) groups excluding carboxylic acids is 2. The fourth-order valence-electron chi connectivity index (χ4n) is 4.38. The standard InChI is InChI=1S/C24H28N3O2/c1-26(2)16-14-24(12-13-24)18-9-7-17(8-10-18)11-15-27-21(22(25)28)19-5-3-4-6-20(19)23(27)29/h3-5,7-10,21H,11-16H2,1-2H3,(H2,25,28). The number of hydrogen-bond acceptors (Lipinski definition) is 3. The van der Waals surface area contributed by atoms with Crippen molar-refractivity contribution in [2.45, 2.75) is 37.1 Å². The van der Waals surface area contributed by atoms with E-state index in [2.05, 4.69) is 49.3 Å². The molecule has 2 N–H and O–H groups in total. The molecule has 1 unspecified atom stereocenters. The van der Waals surface area contributed by atoms with Crippen LogP contribution in [0.5, 0.6) is 0 Å². The van der Waals surface area contributed by atoms with Crippen molar-refractivity contribution in [3.63, 3.8) is 0 Å². The van der Waals surface area contributed by atoms with E-state index in [1.54, 1.807) is 23.1 Å². The van der Waals surface area contributed by atoms with Crippen LogP contribution in [0.25, 0.3) is 0 Å². The Morgan fingerprint density at radius 3 is 2.59 bits per heavy atom. The third kappa shape index (κ3) is 3.79. The van der Waals surface area contributed by atoms with Gasteiger partial charge in [0.1, 0.15) is 6.04 Å². The van der Waals surface area contributed by atoms with E-state index in [0.29, 0.717) is 29.5 Å². The molecule has 0 bridgehead atoms. The van der Waals surface area contributed by atoms with Crippen LogP contribution in [0.15, 0.2) is 42.5 Å². The third-order valence-corrected chi connectivity index (χ3v) is 6.34. The first kappa shape index (κ1) is 19.6. The molecule has 0 aromatic heterocycles. The highest BCUT2D eigenvalue weighted by atomic mass is 16.2. The van der Waals surface area contributed by atoms with E-state index in [1.165, 1.54) is 24.8 Å². The van der Waals surface area contributed by atoms with E-state index in [4.69, 9.17) is 5.73 Å². The van der Waals surface area contributed by atoms with E-state index in [1.807, 2.05) is 0 Å². The summed E-state index contributed by atoms with van der Waals surface area (Å²) in [7, 11) is 4.24. The Balaban J connectivity index is 1.43. The number of nitrogens with zero attached hydrogens (tertiary/aromatic N) is 2. The van der Waals surface area contributed by atoms with Gasteiger partial charge in [0, 0.05) is 6.54 Å². The largest absolute Gasteiger partial charge is 0.368 e. The molecule has 0 saturated heterocycles. The average molecular weight is 391 g/mol. The summed E-state index contributed by atoms with van der Waals surface area (Å²) in [5.74, 6) is -0.662. The van der Waals surface area contributed by atoms with Gasteiger partial charge in [0.2, 0.25) is 5.91 Å². The van der Waals surface area contributed by atoms with Crippen LogP contribution >= 0.6 is 0 Å². The summed E-state index contributed by atoms with van der Waals surface area (Å²) in [6, 6.07) is 16.3. The lowest BCUT2D eigenvalue weighted by Crippen LogP contribution is -2.37. The molecule has 5 heteroatoms. The second kappa shape index (κ2) is 7.64. The molecule has 0 spiro atoms. The molecule has 151 valence electrons. The quantitative estimate of drug-likeness (QED) is 0.754. The normalized spacial score (nSPS) is 19.5. The van der Waals surface area contributed by atoms with Crippen LogP contribution < -0.4 is 5.73 Å². The Bertz CT molecular complexity index is 916. The molecule has 1 atom stereocenters. The number of nitrogens with two attached hydrogens (primary N) is 1. The van der Waals surface area contributed by atoms with Gasteiger partial charge in [-0.05, 0) is 74.5 Å². The minimum Gasteiger partial charge on any atom is -0.368 e. The predicted octanol–water partition coefficient (Wildman–Crippen LogP) is 2.69. The molecular weight excluding hydrogens is 362 g/mol. The van der Waals surface area contributed by atoms with Gasteiger partial charge in [-0.3, -0.25) is 9.59 Å². The number of amides is 2. The van der Waals surface area contributed by atoms with E-state index >= 15 is 0 Å². The molecule has 5 nitrogen and oxygen atoms in total. The van der Waals surface area contributed by atoms with Crippen LogP contribution in [0, 0.1) is 6.07 Å². The fraction of sp³-hybridized carbons (Fsp3) is 0.417. The van der Waals surface area contributed by atoms with Crippen molar-refractivity contribution in [2.75, 3.05) is 27.2 Å². The maximum atomic E-state index is 12.7. The summed E-state index contributed by atoms with van der Waals surface area (Å²) < 4.78 is 0. The van der Waals surface area contributed by atoms with Crippen LogP contribution in [0.1, 0.15) is 52.4 Å². The zero-order valence-electron chi connectivity index (χ0n) is 17.1. The van der Waals surface area contributed by atoms with Crippen molar-refractivity contribution in [1.29, 1.82) is 0 Å². The van der Waals surface area contributed by atoms with Crippen molar-refractivity contribution in [2.24, 2.45) is 5.73 Å². The molecule has 2 aromatic rings. The molecule has 2 aromatic carbocycles. The molecule has 29 heavy (non-hydrogen) atoms. The monoisotopic (exact) mass is 390 g/mol. The molecule has 1 heterocycles. The van der Waals surface area contributed by atoms with Gasteiger partial charge in [-0.15, -0.1) is 0 Å². The summed E-state index contributed by atoms with van der Waals surface area (Å²) in [6.45, 7) is 1.56. The summed E-state index contributed by atoms with van der Waals surface area (Å²) in [5.41, 5.74) is 9.66. The molecule has 2 amide bonds. The highest BCUT2D eigenvalue weighted by Gasteiger charge is 2.43. The second-order valence-electron chi connectivity index (χ2n) is 8.58. The summed E-state index contributed by atoms with van der Waals surface area (Å²) >= 11 is 0. The van der Waals surface area contributed by atoms with Crippen LogP contribution in [-0.2, 0) is 16.6 Å². The van der Waals surface area contributed by atoms with Gasteiger partial charge in [-0.25, -0.2) is 0 Å². The maximum Gasteiger partial charge on any atom is 0.255 e. The molecule has 4 rings (SSSR count). The van der Waals surface area contributed by atoms with E-state index in [0.717, 1.165) is 12.1 Å². The van der Waals surface area contributed by atoms with Gasteiger partial charge in [0.25, 0.3) is 5.91 Å². The molecule has 1 aliphatic carbocycles. The zero-order chi connectivity index (χ0) is 20.6. The van der Waals surface area contributed by atoms with Crippen molar-refractivity contribution in [3.8, 4) is 0 Å². The van der Waals surface area contributed by atoms with Crippen LogP contribution in [-0.4, -0.2) is 48.8 Å². The lowest BCUT2D eigenvalue weighted by molar-refractivity contribution is -0.122. The van der Waals surface area contributed by atoms with Gasteiger partial charge in [0.15, 0.2) is 0 Å². The lowest BCUT2D eigenvalue weighted by atomic mass is 9.91. The van der Waals surface area contributed by atoms with Gasteiger partial charge < -0.3 is 15.5 Å². The zero-order valence-corrected chi connectivity index (χ0v) is 17.1. The Morgan fingerprint density at radius 1 is 1.24 bits per heavy atom. The first-order chi connectivity index (χ1) is 13.9. The second-order valence-corrected chi connectivity index (χ2v) is 8.58. The first-order valence-electron chi connectivity index (χ1n) is 10.3. The minimum absolute atomic E-state index is 0.165. The number of carbonyl (C=O) groups is 2. The van der Waals surface area contributed by atoms with Gasteiger partial charge in [0.05, 0.1) is 5.56 Å². The lowest BCUT2D eigenvalue weighted by Gasteiger charge is -2.23. The number of hydrogen-bond donors (Lipinski definition) is 1. The Labute approximate surface area is 172 Å². The first-order valence-corrected chi connectivity index (χ1v) is 10.3. The number of fused-ring (bicyclic) bond motifs is 1. The predicted molar refractivity (Wildman–Crippen MR) is 112 cm³/mol. The molecular formula is C24H28N3O2. The summed E-state index contributed by atoms with van der Waals surface area (Å²) in [4.78, 5) is 28.6. The third-order valence-electron chi connectivity index (χ3n) is 6.34. The fourth-order valence-corrected chi connectivity index (χ4v) is 4.38. The Hall–Kier alpha value is -2.66. The van der Waals surface area contributed by atoms with Crippen LogP contribution in [0.3, 0.4) is 0 Å². The van der Waals surface area contributed by atoms with E-state index < -0.39 is 11.9 Å². The molecule has 2 aliphatic rings. The molecule has 1 saturated carbocycles. The van der Waals surface area contributed by atoms with Gasteiger partial charge in [-0.1, -0.05) is 42.5 Å². The molecule has 1 radical (unpaired) electrons. The molecule has 1 aliphatic heterocycles. The van der Waals surface area contributed by atoms with Gasteiger partial charge in [-0.2, -0.15) is 0 Å². The summed E-state index contributed by atoms with van der Waals surface area (Å²) in [5, 5.41) is 0. The Morgan fingerprint density at radius 2 is 1.97 bits per heavy atom. The van der Waals surface area contributed by atoms with Crippen molar-refractivity contribution < 1.29 is 9.59 Å².